The molecule has 68 valence electrons. The summed E-state index contributed by atoms with van der Waals surface area (Å²) in [7, 11) is 0. The summed E-state index contributed by atoms with van der Waals surface area (Å²) >= 11 is 0. The first-order valence-electron chi connectivity index (χ1n) is 4.57. The van der Waals surface area contributed by atoms with Crippen LogP contribution in [-0.4, -0.2) is 12.6 Å². The van der Waals surface area contributed by atoms with E-state index in [1.54, 1.807) is 0 Å². The molecule has 0 aliphatic rings. The average molecular weight is 157 g/mol. The van der Waals surface area contributed by atoms with Crippen LogP contribution in [0.1, 0.15) is 41.5 Å². The molecule has 1 atom stereocenters. The summed E-state index contributed by atoms with van der Waals surface area (Å²) in [5.74, 6) is 0.750. The van der Waals surface area contributed by atoms with Crippen LogP contribution in [-0.2, 0) is 0 Å². The zero-order chi connectivity index (χ0) is 9.07. The van der Waals surface area contributed by atoms with Crippen LogP contribution in [0.25, 0.3) is 0 Å². The predicted octanol–water partition coefficient (Wildman–Crippen LogP) is 2.67. The molecular weight excluding hydrogens is 134 g/mol. The van der Waals surface area contributed by atoms with E-state index in [4.69, 9.17) is 0 Å². The summed E-state index contributed by atoms with van der Waals surface area (Å²) in [5.41, 5.74) is 0.384. The fourth-order valence-electron chi connectivity index (χ4n) is 0.719. The molecule has 1 heteroatoms. The van der Waals surface area contributed by atoms with Gasteiger partial charge in [0, 0.05) is 6.04 Å². The van der Waals surface area contributed by atoms with Gasteiger partial charge in [0.05, 0.1) is 0 Å². The van der Waals surface area contributed by atoms with Crippen molar-refractivity contribution in [2.24, 2.45) is 11.3 Å². The predicted molar refractivity (Wildman–Crippen MR) is 51.8 cm³/mol. The zero-order valence-electron chi connectivity index (χ0n) is 8.86. The normalized spacial score (nSPS) is 15.5. The van der Waals surface area contributed by atoms with Crippen molar-refractivity contribution in [2.75, 3.05) is 6.54 Å². The molecule has 0 aliphatic carbocycles. The standard InChI is InChI=1S/C10H23N/c1-8(2)7-11-9(3)10(4,5)6/h8-9,11H,7H2,1-6H3/t9-/m1/s1. The van der Waals surface area contributed by atoms with Gasteiger partial charge in [-0.1, -0.05) is 34.6 Å². The van der Waals surface area contributed by atoms with E-state index in [0.29, 0.717) is 11.5 Å². The minimum absolute atomic E-state index is 0.384. The van der Waals surface area contributed by atoms with Crippen LogP contribution in [0.4, 0.5) is 0 Å². The molecule has 0 saturated heterocycles. The maximum atomic E-state index is 3.52. The maximum absolute atomic E-state index is 3.52. The van der Waals surface area contributed by atoms with E-state index in [0.717, 1.165) is 12.5 Å². The van der Waals surface area contributed by atoms with Gasteiger partial charge in [0.1, 0.15) is 0 Å². The Hall–Kier alpha value is -0.0400. The van der Waals surface area contributed by atoms with Gasteiger partial charge in [-0.25, -0.2) is 0 Å². The second-order valence-electron chi connectivity index (χ2n) is 4.89. The molecule has 1 nitrogen and oxygen atoms in total. The molecule has 0 fully saturated rings. The smallest absolute Gasteiger partial charge is 0.00873 e. The molecule has 0 unspecified atom stereocenters. The van der Waals surface area contributed by atoms with E-state index >= 15 is 0 Å². The van der Waals surface area contributed by atoms with Gasteiger partial charge in [-0.15, -0.1) is 0 Å². The molecule has 0 saturated carbocycles. The monoisotopic (exact) mass is 157 g/mol. The van der Waals surface area contributed by atoms with E-state index in [9.17, 15) is 0 Å². The van der Waals surface area contributed by atoms with E-state index in [2.05, 4.69) is 46.9 Å². The number of hydrogen-bond acceptors (Lipinski definition) is 1. The molecule has 0 heterocycles. The Morgan fingerprint density at radius 3 is 1.82 bits per heavy atom. The van der Waals surface area contributed by atoms with Crippen LogP contribution >= 0.6 is 0 Å². The lowest BCUT2D eigenvalue weighted by Crippen LogP contribution is -2.39. The summed E-state index contributed by atoms with van der Waals surface area (Å²) < 4.78 is 0. The van der Waals surface area contributed by atoms with Crippen molar-refractivity contribution in [2.45, 2.75) is 47.6 Å². The van der Waals surface area contributed by atoms with Crippen molar-refractivity contribution < 1.29 is 0 Å². The highest BCUT2D eigenvalue weighted by Crippen LogP contribution is 2.18. The molecule has 0 aromatic carbocycles. The average Bonchev–Trinajstić information content (AvgIpc) is 1.80. The SMILES string of the molecule is CC(C)CN[C@H](C)C(C)(C)C. The second-order valence-corrected chi connectivity index (χ2v) is 4.89. The first-order chi connectivity index (χ1) is 4.84. The van der Waals surface area contributed by atoms with Crippen LogP contribution in [0.15, 0.2) is 0 Å². The van der Waals surface area contributed by atoms with Gasteiger partial charge in [0.15, 0.2) is 0 Å². The Bertz CT molecular complexity index is 99.9. The van der Waals surface area contributed by atoms with E-state index in [1.807, 2.05) is 0 Å². The molecule has 0 aliphatic heterocycles. The fourth-order valence-corrected chi connectivity index (χ4v) is 0.719. The molecule has 0 rings (SSSR count). The van der Waals surface area contributed by atoms with Crippen molar-refractivity contribution in [1.82, 2.24) is 5.32 Å². The van der Waals surface area contributed by atoms with Crippen molar-refractivity contribution in [1.29, 1.82) is 0 Å². The molecule has 0 radical (unpaired) electrons. The first kappa shape index (κ1) is 11.0. The fraction of sp³-hybridized carbons (Fsp3) is 1.00. The molecule has 0 bridgehead atoms. The third kappa shape index (κ3) is 5.25. The molecule has 0 aromatic rings. The highest BCUT2D eigenvalue weighted by Gasteiger charge is 2.18. The lowest BCUT2D eigenvalue weighted by molar-refractivity contribution is 0.278. The molecule has 0 spiro atoms. The highest BCUT2D eigenvalue weighted by molar-refractivity contribution is 4.75. The lowest BCUT2D eigenvalue weighted by atomic mass is 9.88. The van der Waals surface area contributed by atoms with Crippen LogP contribution in [0.5, 0.6) is 0 Å². The Morgan fingerprint density at radius 2 is 1.55 bits per heavy atom. The third-order valence-electron chi connectivity index (χ3n) is 2.13. The van der Waals surface area contributed by atoms with Crippen molar-refractivity contribution >= 4 is 0 Å². The van der Waals surface area contributed by atoms with Gasteiger partial charge >= 0.3 is 0 Å². The van der Waals surface area contributed by atoms with E-state index in [1.165, 1.54) is 0 Å². The molecule has 11 heavy (non-hydrogen) atoms. The Kier molecular flexibility index (Phi) is 4.09. The summed E-state index contributed by atoms with van der Waals surface area (Å²) in [6, 6.07) is 0.602. The third-order valence-corrected chi connectivity index (χ3v) is 2.13. The zero-order valence-corrected chi connectivity index (χ0v) is 8.86. The molecular formula is C10H23N. The van der Waals surface area contributed by atoms with Gasteiger partial charge in [-0.3, -0.25) is 0 Å². The van der Waals surface area contributed by atoms with Gasteiger partial charge in [-0.05, 0) is 24.8 Å². The van der Waals surface area contributed by atoms with Gasteiger partial charge in [0.25, 0.3) is 0 Å². The van der Waals surface area contributed by atoms with Crippen molar-refractivity contribution in [3.8, 4) is 0 Å². The minimum atomic E-state index is 0.384. The summed E-state index contributed by atoms with van der Waals surface area (Å²) in [6.45, 7) is 14.7. The van der Waals surface area contributed by atoms with Gasteiger partial charge in [0.2, 0.25) is 0 Å². The van der Waals surface area contributed by atoms with Crippen LogP contribution in [0.2, 0.25) is 0 Å². The van der Waals surface area contributed by atoms with Gasteiger partial charge < -0.3 is 5.32 Å². The largest absolute Gasteiger partial charge is 0.313 e. The Labute approximate surface area is 71.6 Å². The topological polar surface area (TPSA) is 12.0 Å². The number of nitrogens with one attached hydrogen (secondary N) is 1. The first-order valence-corrected chi connectivity index (χ1v) is 4.57. The van der Waals surface area contributed by atoms with Crippen LogP contribution in [0.3, 0.4) is 0 Å². The van der Waals surface area contributed by atoms with Gasteiger partial charge in [-0.2, -0.15) is 0 Å². The Balaban J connectivity index is 3.61. The maximum Gasteiger partial charge on any atom is 0.00873 e. The van der Waals surface area contributed by atoms with E-state index in [-0.39, 0.29) is 0 Å². The molecule has 1 N–H and O–H groups in total. The summed E-state index contributed by atoms with van der Waals surface area (Å²) in [6.07, 6.45) is 0. The second kappa shape index (κ2) is 4.10. The number of rotatable bonds is 3. The highest BCUT2D eigenvalue weighted by atomic mass is 14.9. The van der Waals surface area contributed by atoms with Crippen molar-refractivity contribution in [3.05, 3.63) is 0 Å². The Morgan fingerprint density at radius 1 is 1.09 bits per heavy atom. The van der Waals surface area contributed by atoms with Crippen LogP contribution < -0.4 is 5.32 Å². The summed E-state index contributed by atoms with van der Waals surface area (Å²) in [4.78, 5) is 0. The van der Waals surface area contributed by atoms with Crippen LogP contribution in [0, 0.1) is 11.3 Å². The summed E-state index contributed by atoms with van der Waals surface area (Å²) in [5, 5.41) is 3.52. The van der Waals surface area contributed by atoms with Crippen molar-refractivity contribution in [3.63, 3.8) is 0 Å². The molecule has 0 aromatic heterocycles. The minimum Gasteiger partial charge on any atom is -0.313 e. The number of hydrogen-bond donors (Lipinski definition) is 1. The lowest BCUT2D eigenvalue weighted by Gasteiger charge is -2.28. The van der Waals surface area contributed by atoms with E-state index < -0.39 is 0 Å². The quantitative estimate of drug-likeness (QED) is 0.664. The molecule has 0 amide bonds.